The van der Waals surface area contributed by atoms with Crippen LogP contribution in [0.3, 0.4) is 0 Å². The Morgan fingerprint density at radius 2 is 1.70 bits per heavy atom. The highest BCUT2D eigenvalue weighted by Crippen LogP contribution is 2.17. The molecule has 6 nitrogen and oxygen atoms in total. The Bertz CT molecular complexity index is 1100. The van der Waals surface area contributed by atoms with Crippen molar-refractivity contribution in [1.29, 1.82) is 0 Å². The van der Waals surface area contributed by atoms with Gasteiger partial charge in [-0.2, -0.15) is 10.1 Å². The standard InChI is InChI=1S/C20H15FN4O2/c21-16-8-6-15(7-9-16)20-22-18(27-24-20)12-13-25-19(26)11-10-17(23-25)14-4-2-1-3-5-14/h1-11H,12-13H2. The molecule has 2 heterocycles. The van der Waals surface area contributed by atoms with Crippen LogP contribution in [0.4, 0.5) is 4.39 Å². The Hall–Kier alpha value is -3.61. The molecule has 0 unspecified atom stereocenters. The van der Waals surface area contributed by atoms with Gasteiger partial charge in [0, 0.05) is 23.6 Å². The van der Waals surface area contributed by atoms with Gasteiger partial charge in [0.15, 0.2) is 0 Å². The first-order chi connectivity index (χ1) is 13.2. The SMILES string of the molecule is O=c1ccc(-c2ccccc2)nn1CCc1nc(-c2ccc(F)cc2)no1. The Labute approximate surface area is 153 Å². The summed E-state index contributed by atoms with van der Waals surface area (Å²) in [4.78, 5) is 16.4. The second kappa shape index (κ2) is 7.33. The number of halogens is 1. The zero-order chi connectivity index (χ0) is 18.6. The first-order valence-electron chi connectivity index (χ1n) is 8.41. The van der Waals surface area contributed by atoms with Crippen molar-refractivity contribution in [3.8, 4) is 22.6 Å². The lowest BCUT2D eigenvalue weighted by atomic mass is 10.1. The van der Waals surface area contributed by atoms with Crippen molar-refractivity contribution in [3.63, 3.8) is 0 Å². The van der Waals surface area contributed by atoms with E-state index in [1.54, 1.807) is 18.2 Å². The van der Waals surface area contributed by atoms with Gasteiger partial charge in [0.25, 0.3) is 5.56 Å². The molecule has 2 aromatic heterocycles. The van der Waals surface area contributed by atoms with Crippen LogP contribution in [0, 0.1) is 5.82 Å². The zero-order valence-corrected chi connectivity index (χ0v) is 14.2. The molecule has 27 heavy (non-hydrogen) atoms. The summed E-state index contributed by atoms with van der Waals surface area (Å²) in [6.07, 6.45) is 0.360. The molecule has 0 amide bonds. The number of nitrogens with zero attached hydrogens (tertiary/aromatic N) is 4. The molecule has 134 valence electrons. The highest BCUT2D eigenvalue weighted by Gasteiger charge is 2.10. The summed E-state index contributed by atoms with van der Waals surface area (Å²) in [5.74, 6) is 0.433. The van der Waals surface area contributed by atoms with Crippen LogP contribution in [0.15, 0.2) is 76.0 Å². The molecule has 0 saturated carbocycles. The molecule has 4 rings (SSSR count). The Kier molecular flexibility index (Phi) is 4.57. The number of hydrogen-bond donors (Lipinski definition) is 0. The van der Waals surface area contributed by atoms with E-state index in [2.05, 4.69) is 15.2 Å². The molecule has 0 radical (unpaired) electrons. The smallest absolute Gasteiger partial charge is 0.266 e. The molecule has 2 aromatic carbocycles. The number of rotatable bonds is 5. The van der Waals surface area contributed by atoms with E-state index in [1.165, 1.54) is 22.9 Å². The van der Waals surface area contributed by atoms with Crippen LogP contribution in [0.1, 0.15) is 5.89 Å². The summed E-state index contributed by atoms with van der Waals surface area (Å²) in [5.41, 5.74) is 2.11. The van der Waals surface area contributed by atoms with Gasteiger partial charge >= 0.3 is 0 Å². The Morgan fingerprint density at radius 3 is 2.48 bits per heavy atom. The Balaban J connectivity index is 1.51. The van der Waals surface area contributed by atoms with Gasteiger partial charge < -0.3 is 4.52 Å². The fraction of sp³-hybridized carbons (Fsp3) is 0.100. The van der Waals surface area contributed by atoms with Gasteiger partial charge in [-0.3, -0.25) is 4.79 Å². The van der Waals surface area contributed by atoms with E-state index in [0.717, 1.165) is 5.56 Å². The van der Waals surface area contributed by atoms with Crippen molar-refractivity contribution in [1.82, 2.24) is 19.9 Å². The molecule has 0 saturated heterocycles. The second-order valence-electron chi connectivity index (χ2n) is 5.91. The van der Waals surface area contributed by atoms with Gasteiger partial charge in [0.1, 0.15) is 5.82 Å². The van der Waals surface area contributed by atoms with E-state index in [9.17, 15) is 9.18 Å². The number of aryl methyl sites for hydroxylation is 2. The first-order valence-corrected chi connectivity index (χ1v) is 8.41. The molecule has 0 atom stereocenters. The van der Waals surface area contributed by atoms with Crippen molar-refractivity contribution in [2.24, 2.45) is 0 Å². The monoisotopic (exact) mass is 362 g/mol. The number of aromatic nitrogens is 4. The largest absolute Gasteiger partial charge is 0.339 e. The third kappa shape index (κ3) is 3.82. The van der Waals surface area contributed by atoms with Crippen LogP contribution in [0.2, 0.25) is 0 Å². The zero-order valence-electron chi connectivity index (χ0n) is 14.2. The summed E-state index contributed by atoms with van der Waals surface area (Å²) in [6, 6.07) is 18.7. The predicted molar refractivity (Wildman–Crippen MR) is 97.3 cm³/mol. The lowest BCUT2D eigenvalue weighted by Crippen LogP contribution is -2.23. The van der Waals surface area contributed by atoms with Gasteiger partial charge in [-0.25, -0.2) is 9.07 Å². The van der Waals surface area contributed by atoms with E-state index in [-0.39, 0.29) is 11.4 Å². The van der Waals surface area contributed by atoms with Gasteiger partial charge in [0.05, 0.1) is 12.2 Å². The van der Waals surface area contributed by atoms with Crippen molar-refractivity contribution >= 4 is 0 Å². The van der Waals surface area contributed by atoms with Crippen molar-refractivity contribution < 1.29 is 8.91 Å². The molecule has 0 fully saturated rings. The molecule has 0 N–H and O–H groups in total. The quantitative estimate of drug-likeness (QED) is 0.544. The fourth-order valence-corrected chi connectivity index (χ4v) is 2.65. The van der Waals surface area contributed by atoms with E-state index in [1.807, 2.05) is 30.3 Å². The van der Waals surface area contributed by atoms with Crippen molar-refractivity contribution in [2.45, 2.75) is 13.0 Å². The van der Waals surface area contributed by atoms with Crippen molar-refractivity contribution in [3.05, 3.63) is 88.8 Å². The highest BCUT2D eigenvalue weighted by atomic mass is 19.1. The lowest BCUT2D eigenvalue weighted by molar-refractivity contribution is 0.368. The number of hydrogen-bond acceptors (Lipinski definition) is 5. The average Bonchev–Trinajstić information content (AvgIpc) is 3.17. The molecule has 0 spiro atoms. The molecule has 0 aliphatic heterocycles. The minimum absolute atomic E-state index is 0.201. The summed E-state index contributed by atoms with van der Waals surface area (Å²) in [7, 11) is 0. The summed E-state index contributed by atoms with van der Waals surface area (Å²) in [6.45, 7) is 0.310. The molecule has 4 aromatic rings. The average molecular weight is 362 g/mol. The first kappa shape index (κ1) is 16.8. The van der Waals surface area contributed by atoms with Crippen LogP contribution >= 0.6 is 0 Å². The van der Waals surface area contributed by atoms with Gasteiger partial charge in [-0.1, -0.05) is 35.5 Å². The molecule has 0 aliphatic rings. The molecular formula is C20H15FN4O2. The molecular weight excluding hydrogens is 347 g/mol. The van der Waals surface area contributed by atoms with Crippen LogP contribution in [0.25, 0.3) is 22.6 Å². The summed E-state index contributed by atoms with van der Waals surface area (Å²) < 4.78 is 19.6. The van der Waals surface area contributed by atoms with Crippen LogP contribution in [-0.2, 0) is 13.0 Å². The van der Waals surface area contributed by atoms with Crippen LogP contribution in [-0.4, -0.2) is 19.9 Å². The van der Waals surface area contributed by atoms with Crippen LogP contribution in [0.5, 0.6) is 0 Å². The van der Waals surface area contributed by atoms with Gasteiger partial charge in [-0.05, 0) is 30.3 Å². The summed E-state index contributed by atoms with van der Waals surface area (Å²) >= 11 is 0. The third-order valence-electron chi connectivity index (χ3n) is 4.04. The molecule has 7 heteroatoms. The number of benzene rings is 2. The van der Waals surface area contributed by atoms with E-state index in [0.29, 0.717) is 35.9 Å². The molecule has 0 bridgehead atoms. The van der Waals surface area contributed by atoms with E-state index in [4.69, 9.17) is 4.52 Å². The topological polar surface area (TPSA) is 73.8 Å². The Morgan fingerprint density at radius 1 is 0.926 bits per heavy atom. The molecule has 0 aliphatic carbocycles. The summed E-state index contributed by atoms with van der Waals surface area (Å²) in [5, 5.41) is 8.30. The van der Waals surface area contributed by atoms with Gasteiger partial charge in [-0.15, -0.1) is 0 Å². The maximum atomic E-state index is 13.0. The van der Waals surface area contributed by atoms with Crippen LogP contribution < -0.4 is 5.56 Å². The van der Waals surface area contributed by atoms with Crippen molar-refractivity contribution in [2.75, 3.05) is 0 Å². The maximum Gasteiger partial charge on any atom is 0.266 e. The minimum Gasteiger partial charge on any atom is -0.339 e. The minimum atomic E-state index is -0.328. The van der Waals surface area contributed by atoms with Gasteiger partial charge in [0.2, 0.25) is 11.7 Å². The highest BCUT2D eigenvalue weighted by molar-refractivity contribution is 5.57. The second-order valence-corrected chi connectivity index (χ2v) is 5.91. The maximum absolute atomic E-state index is 13.0. The van der Waals surface area contributed by atoms with E-state index >= 15 is 0 Å². The lowest BCUT2D eigenvalue weighted by Gasteiger charge is -2.05. The third-order valence-corrected chi connectivity index (χ3v) is 4.04. The van der Waals surface area contributed by atoms with E-state index < -0.39 is 0 Å². The normalized spacial score (nSPS) is 10.9. The fourth-order valence-electron chi connectivity index (χ4n) is 2.65. The predicted octanol–water partition coefficient (Wildman–Crippen LogP) is 3.34.